The first-order valence-corrected chi connectivity index (χ1v) is 10.2. The summed E-state index contributed by atoms with van der Waals surface area (Å²) >= 11 is 0. The fourth-order valence-corrected chi connectivity index (χ4v) is 3.65. The van der Waals surface area contributed by atoms with Crippen molar-refractivity contribution in [3.63, 3.8) is 0 Å². The van der Waals surface area contributed by atoms with Gasteiger partial charge in [0.15, 0.2) is 0 Å². The van der Waals surface area contributed by atoms with Gasteiger partial charge in [-0.1, -0.05) is 54.6 Å². The highest BCUT2D eigenvalue weighted by Gasteiger charge is 2.13. The Morgan fingerprint density at radius 1 is 0.848 bits per heavy atom. The molecule has 4 aromatic carbocycles. The number of aromatic carboxylic acids is 1. The Labute approximate surface area is 189 Å². The van der Waals surface area contributed by atoms with Crippen molar-refractivity contribution < 1.29 is 14.6 Å². The van der Waals surface area contributed by atoms with Gasteiger partial charge in [-0.3, -0.25) is 0 Å². The van der Waals surface area contributed by atoms with E-state index >= 15 is 0 Å². The molecule has 158 valence electrons. The number of carbonyl (C=O) groups is 1. The highest BCUT2D eigenvalue weighted by Crippen LogP contribution is 2.29. The maximum absolute atomic E-state index is 11.4. The van der Waals surface area contributed by atoms with E-state index in [0.29, 0.717) is 33.9 Å². The minimum atomic E-state index is -1.00. The molecule has 0 bridgehead atoms. The lowest BCUT2D eigenvalue weighted by Crippen LogP contribution is -1.96. The number of rotatable bonds is 5. The second-order valence-electron chi connectivity index (χ2n) is 7.40. The zero-order valence-corrected chi connectivity index (χ0v) is 17.3. The lowest BCUT2D eigenvalue weighted by Gasteiger charge is -2.08. The van der Waals surface area contributed by atoms with E-state index in [1.807, 2.05) is 60.7 Å². The van der Waals surface area contributed by atoms with Gasteiger partial charge in [-0.15, -0.1) is 0 Å². The molecular weight excluding hydrogens is 414 g/mol. The first-order valence-electron chi connectivity index (χ1n) is 10.2. The molecule has 0 amide bonds. The van der Waals surface area contributed by atoms with E-state index in [2.05, 4.69) is 16.0 Å². The maximum atomic E-state index is 11.4. The topological polar surface area (TPSA) is 99.0 Å². The number of aromatic amines is 1. The van der Waals surface area contributed by atoms with Gasteiger partial charge in [0.2, 0.25) is 0 Å². The Balaban J connectivity index is 1.38. The van der Waals surface area contributed by atoms with Crippen molar-refractivity contribution in [2.75, 3.05) is 0 Å². The fourth-order valence-electron chi connectivity index (χ4n) is 3.65. The van der Waals surface area contributed by atoms with E-state index in [4.69, 9.17) is 4.74 Å². The monoisotopic (exact) mass is 431 g/mol. The third-order valence-corrected chi connectivity index (χ3v) is 5.32. The van der Waals surface area contributed by atoms with Crippen LogP contribution in [0, 0.1) is 11.3 Å². The Hall–Kier alpha value is -4.89. The van der Waals surface area contributed by atoms with Gasteiger partial charge in [-0.25, -0.2) is 9.78 Å². The van der Waals surface area contributed by atoms with Gasteiger partial charge >= 0.3 is 5.97 Å². The van der Waals surface area contributed by atoms with Crippen LogP contribution in [0.2, 0.25) is 0 Å². The van der Waals surface area contributed by atoms with Gasteiger partial charge in [0.1, 0.15) is 28.9 Å². The molecule has 5 rings (SSSR count). The summed E-state index contributed by atoms with van der Waals surface area (Å²) in [7, 11) is 0. The number of hydrogen-bond donors (Lipinski definition) is 2. The van der Waals surface area contributed by atoms with Crippen molar-refractivity contribution in [1.29, 1.82) is 5.26 Å². The summed E-state index contributed by atoms with van der Waals surface area (Å²) in [6.07, 6.45) is 0. The number of carboxylic acids is 1. The molecule has 5 aromatic rings. The number of H-pyrrole nitrogens is 1. The molecular formula is C27H17N3O3. The standard InChI is InChI=1S/C27H17N3O3/c28-16-20-4-1-2-7-24(20)33-21-14-12-18(13-15-21)17-8-10-19(11-9-17)26-29-23-6-3-5-22(27(31)32)25(23)30-26/h1-15H,(H,29,30)(H,31,32). The Bertz CT molecular complexity index is 1510. The van der Waals surface area contributed by atoms with Crippen molar-refractivity contribution in [3.8, 4) is 40.1 Å². The summed E-state index contributed by atoms with van der Waals surface area (Å²) in [4.78, 5) is 19.1. The summed E-state index contributed by atoms with van der Waals surface area (Å²) in [6.45, 7) is 0. The number of aromatic nitrogens is 2. The third kappa shape index (κ3) is 3.91. The van der Waals surface area contributed by atoms with Gasteiger partial charge in [0, 0.05) is 5.56 Å². The molecule has 33 heavy (non-hydrogen) atoms. The minimum absolute atomic E-state index is 0.173. The molecule has 0 saturated carbocycles. The van der Waals surface area contributed by atoms with Crippen molar-refractivity contribution in [2.24, 2.45) is 0 Å². The Morgan fingerprint density at radius 3 is 2.21 bits per heavy atom. The fraction of sp³-hybridized carbons (Fsp3) is 0. The van der Waals surface area contributed by atoms with E-state index in [0.717, 1.165) is 16.7 Å². The first-order chi connectivity index (χ1) is 16.1. The summed E-state index contributed by atoms with van der Waals surface area (Å²) in [5, 5.41) is 18.6. The van der Waals surface area contributed by atoms with Crippen molar-refractivity contribution in [3.05, 3.63) is 102 Å². The van der Waals surface area contributed by atoms with Crippen molar-refractivity contribution in [1.82, 2.24) is 9.97 Å². The molecule has 0 unspecified atom stereocenters. The van der Waals surface area contributed by atoms with Crippen LogP contribution in [-0.2, 0) is 0 Å². The molecule has 1 aromatic heterocycles. The molecule has 0 atom stereocenters. The van der Waals surface area contributed by atoms with Crippen LogP contribution in [0.1, 0.15) is 15.9 Å². The highest BCUT2D eigenvalue weighted by atomic mass is 16.5. The lowest BCUT2D eigenvalue weighted by atomic mass is 10.0. The van der Waals surface area contributed by atoms with Crippen LogP contribution in [0.5, 0.6) is 11.5 Å². The molecule has 0 saturated heterocycles. The summed E-state index contributed by atoms with van der Waals surface area (Å²) in [5.41, 5.74) is 4.68. The predicted octanol–water partition coefficient (Wildman–Crippen LogP) is 6.26. The number of benzene rings is 4. The number of para-hydroxylation sites is 2. The normalized spacial score (nSPS) is 10.6. The number of carboxylic acid groups (broad SMARTS) is 1. The van der Waals surface area contributed by atoms with Crippen LogP contribution in [0.3, 0.4) is 0 Å². The van der Waals surface area contributed by atoms with Crippen LogP contribution in [0.15, 0.2) is 91.0 Å². The number of nitriles is 1. The smallest absolute Gasteiger partial charge is 0.337 e. The van der Waals surface area contributed by atoms with E-state index in [1.165, 1.54) is 0 Å². The number of fused-ring (bicyclic) bond motifs is 1. The van der Waals surface area contributed by atoms with Crippen molar-refractivity contribution >= 4 is 17.0 Å². The molecule has 2 N–H and O–H groups in total. The molecule has 0 spiro atoms. The van der Waals surface area contributed by atoms with Crippen LogP contribution in [-0.4, -0.2) is 21.0 Å². The second-order valence-corrected chi connectivity index (χ2v) is 7.40. The molecule has 0 aliphatic rings. The van der Waals surface area contributed by atoms with Crippen LogP contribution in [0.4, 0.5) is 0 Å². The van der Waals surface area contributed by atoms with E-state index in [1.54, 1.807) is 30.3 Å². The quantitative estimate of drug-likeness (QED) is 0.342. The van der Waals surface area contributed by atoms with Crippen LogP contribution in [0.25, 0.3) is 33.5 Å². The van der Waals surface area contributed by atoms with E-state index in [9.17, 15) is 15.2 Å². The number of hydrogen-bond acceptors (Lipinski definition) is 4. The molecule has 1 heterocycles. The van der Waals surface area contributed by atoms with Gasteiger partial charge in [0.05, 0.1) is 16.6 Å². The molecule has 0 radical (unpaired) electrons. The molecule has 0 aliphatic carbocycles. The maximum Gasteiger partial charge on any atom is 0.337 e. The minimum Gasteiger partial charge on any atom is -0.478 e. The van der Waals surface area contributed by atoms with E-state index < -0.39 is 5.97 Å². The number of ether oxygens (including phenoxy) is 1. The number of nitrogens with one attached hydrogen (secondary N) is 1. The van der Waals surface area contributed by atoms with Gasteiger partial charge in [-0.2, -0.15) is 5.26 Å². The van der Waals surface area contributed by atoms with Crippen LogP contribution < -0.4 is 4.74 Å². The van der Waals surface area contributed by atoms with Gasteiger partial charge in [0.25, 0.3) is 0 Å². The average Bonchev–Trinajstić information content (AvgIpc) is 3.29. The summed E-state index contributed by atoms with van der Waals surface area (Å²) in [6, 6.07) is 29.8. The average molecular weight is 431 g/mol. The first kappa shape index (κ1) is 20.0. The molecule has 0 aliphatic heterocycles. The van der Waals surface area contributed by atoms with Gasteiger partial charge in [-0.05, 0) is 47.5 Å². The van der Waals surface area contributed by atoms with Gasteiger partial charge < -0.3 is 14.8 Å². The van der Waals surface area contributed by atoms with Crippen LogP contribution >= 0.6 is 0 Å². The second kappa shape index (κ2) is 8.33. The molecule has 6 heteroatoms. The SMILES string of the molecule is N#Cc1ccccc1Oc1ccc(-c2ccc(-c3nc4c(C(=O)O)cccc4[nH]3)cc2)cc1. The predicted molar refractivity (Wildman–Crippen MR) is 125 cm³/mol. The molecule has 6 nitrogen and oxygen atoms in total. The number of imidazole rings is 1. The largest absolute Gasteiger partial charge is 0.478 e. The van der Waals surface area contributed by atoms with E-state index in [-0.39, 0.29) is 5.56 Å². The Morgan fingerprint density at radius 2 is 1.52 bits per heavy atom. The molecule has 0 fully saturated rings. The zero-order chi connectivity index (χ0) is 22.8. The summed E-state index contributed by atoms with van der Waals surface area (Å²) < 4.78 is 5.85. The lowest BCUT2D eigenvalue weighted by molar-refractivity contribution is 0.0699. The zero-order valence-electron chi connectivity index (χ0n) is 17.3. The third-order valence-electron chi connectivity index (χ3n) is 5.32. The summed E-state index contributed by atoms with van der Waals surface area (Å²) in [5.74, 6) is 0.784. The van der Waals surface area contributed by atoms with Crippen molar-refractivity contribution in [2.45, 2.75) is 0 Å². The Kier molecular flexibility index (Phi) is 5.06. The number of nitrogens with zero attached hydrogens (tertiary/aromatic N) is 2. The highest BCUT2D eigenvalue weighted by molar-refractivity contribution is 6.01.